The number of alkyl halides is 3. The van der Waals surface area contributed by atoms with Crippen LogP contribution < -0.4 is 21.1 Å². The molecule has 2 aromatic heterocycles. The number of hydrogen-bond acceptors (Lipinski definition) is 4. The minimum absolute atomic E-state index is 0.0123. The van der Waals surface area contributed by atoms with E-state index in [-0.39, 0.29) is 17.9 Å². The molecule has 5 rings (SSSR count). The van der Waals surface area contributed by atoms with E-state index in [1.54, 1.807) is 24.3 Å². The standard InChI is InChI=1S/C29H28F3N5O2/c30-29(31,32)25-10-9-21(18-34-28(39)35-24-8-4-7-23-22(24)11-14-33-27(23)38)26(36-25)37-15-12-20(13-16-37)17-19-5-2-1-3-6-19/h1-11,14,20H,12-13,15-18H2,(H,33,38)(H2,34,35,39). The minimum atomic E-state index is -4.57. The van der Waals surface area contributed by atoms with Gasteiger partial charge in [0.05, 0.1) is 5.69 Å². The van der Waals surface area contributed by atoms with Gasteiger partial charge in [-0.3, -0.25) is 4.79 Å². The molecule has 1 fully saturated rings. The highest BCUT2D eigenvalue weighted by atomic mass is 19.4. The van der Waals surface area contributed by atoms with Crippen molar-refractivity contribution in [3.8, 4) is 0 Å². The first kappa shape index (κ1) is 26.3. The summed E-state index contributed by atoms with van der Waals surface area (Å²) >= 11 is 0. The van der Waals surface area contributed by atoms with Gasteiger partial charge in [0.1, 0.15) is 11.5 Å². The van der Waals surface area contributed by atoms with Gasteiger partial charge in [-0.2, -0.15) is 13.2 Å². The van der Waals surface area contributed by atoms with E-state index >= 15 is 0 Å². The molecule has 1 saturated heterocycles. The summed E-state index contributed by atoms with van der Waals surface area (Å²) in [6.45, 7) is 1.15. The number of anilines is 2. The molecule has 3 heterocycles. The SMILES string of the molecule is O=C(NCc1ccc(C(F)(F)F)nc1N1CCC(Cc2ccccc2)CC1)Nc1cccc2c(=O)[nH]ccc12. The van der Waals surface area contributed by atoms with Gasteiger partial charge in [0.2, 0.25) is 0 Å². The lowest BCUT2D eigenvalue weighted by Crippen LogP contribution is -2.37. The molecule has 0 saturated carbocycles. The zero-order chi connectivity index (χ0) is 27.4. The van der Waals surface area contributed by atoms with Crippen LogP contribution in [-0.4, -0.2) is 29.1 Å². The van der Waals surface area contributed by atoms with Crippen molar-refractivity contribution in [1.82, 2.24) is 15.3 Å². The van der Waals surface area contributed by atoms with Crippen LogP contribution in [0.5, 0.6) is 0 Å². The van der Waals surface area contributed by atoms with Crippen LogP contribution in [0.2, 0.25) is 0 Å². The summed E-state index contributed by atoms with van der Waals surface area (Å²) in [7, 11) is 0. The number of rotatable bonds is 6. The number of benzene rings is 2. The minimum Gasteiger partial charge on any atom is -0.356 e. The first-order valence-corrected chi connectivity index (χ1v) is 12.8. The van der Waals surface area contributed by atoms with Crippen LogP contribution in [0.1, 0.15) is 29.7 Å². The summed E-state index contributed by atoms with van der Waals surface area (Å²) in [5.74, 6) is 0.676. The Hall–Kier alpha value is -4.34. The van der Waals surface area contributed by atoms with Crippen molar-refractivity contribution in [3.63, 3.8) is 0 Å². The second kappa shape index (κ2) is 11.2. The predicted octanol–water partition coefficient (Wildman–Crippen LogP) is 5.72. The molecule has 2 amide bonds. The van der Waals surface area contributed by atoms with Crippen LogP contribution >= 0.6 is 0 Å². The van der Waals surface area contributed by atoms with Gasteiger partial charge < -0.3 is 20.5 Å². The van der Waals surface area contributed by atoms with Crippen molar-refractivity contribution in [2.24, 2.45) is 5.92 Å². The zero-order valence-corrected chi connectivity index (χ0v) is 21.1. The quantitative estimate of drug-likeness (QED) is 0.295. The molecular formula is C29H28F3N5O2. The van der Waals surface area contributed by atoms with Crippen molar-refractivity contribution in [1.29, 1.82) is 0 Å². The smallest absolute Gasteiger partial charge is 0.356 e. The van der Waals surface area contributed by atoms with Gasteiger partial charge in [0.15, 0.2) is 0 Å². The van der Waals surface area contributed by atoms with Gasteiger partial charge in [-0.15, -0.1) is 0 Å². The monoisotopic (exact) mass is 535 g/mol. The lowest BCUT2D eigenvalue weighted by atomic mass is 9.90. The van der Waals surface area contributed by atoms with Crippen LogP contribution in [0, 0.1) is 5.92 Å². The van der Waals surface area contributed by atoms with Crippen molar-refractivity contribution < 1.29 is 18.0 Å². The second-order valence-electron chi connectivity index (χ2n) is 9.68. The summed E-state index contributed by atoms with van der Waals surface area (Å²) in [5, 5.41) is 6.46. The highest BCUT2D eigenvalue weighted by molar-refractivity contribution is 6.01. The first-order valence-electron chi connectivity index (χ1n) is 12.8. The number of urea groups is 1. The number of H-pyrrole nitrogens is 1. The average Bonchev–Trinajstić information content (AvgIpc) is 2.93. The Kier molecular flexibility index (Phi) is 7.53. The molecule has 1 aliphatic heterocycles. The van der Waals surface area contributed by atoms with Crippen LogP contribution in [-0.2, 0) is 19.1 Å². The fourth-order valence-corrected chi connectivity index (χ4v) is 5.02. The number of carbonyl (C=O) groups excluding carboxylic acids is 1. The van der Waals surface area contributed by atoms with E-state index in [2.05, 4.69) is 32.7 Å². The number of aromatic amines is 1. The van der Waals surface area contributed by atoms with Gasteiger partial charge in [0.25, 0.3) is 5.56 Å². The maximum Gasteiger partial charge on any atom is 0.433 e. The highest BCUT2D eigenvalue weighted by Crippen LogP contribution is 2.32. The molecule has 0 spiro atoms. The molecule has 10 heteroatoms. The summed E-state index contributed by atoms with van der Waals surface area (Å²) in [6, 6.07) is 18.6. The summed E-state index contributed by atoms with van der Waals surface area (Å²) in [5.41, 5.74) is 0.957. The van der Waals surface area contributed by atoms with Crippen molar-refractivity contribution in [2.45, 2.75) is 32.0 Å². The zero-order valence-electron chi connectivity index (χ0n) is 21.1. The molecule has 0 aliphatic carbocycles. The Morgan fingerprint density at radius 2 is 1.74 bits per heavy atom. The number of nitrogens with one attached hydrogen (secondary N) is 3. The van der Waals surface area contributed by atoms with Crippen LogP contribution in [0.4, 0.5) is 29.5 Å². The van der Waals surface area contributed by atoms with Gasteiger partial charge in [0, 0.05) is 42.2 Å². The second-order valence-corrected chi connectivity index (χ2v) is 9.68. The molecule has 1 aliphatic rings. The van der Waals surface area contributed by atoms with Crippen LogP contribution in [0.25, 0.3) is 10.8 Å². The Morgan fingerprint density at radius 1 is 0.974 bits per heavy atom. The Morgan fingerprint density at radius 3 is 2.49 bits per heavy atom. The number of aromatic nitrogens is 2. The lowest BCUT2D eigenvalue weighted by molar-refractivity contribution is -0.141. The Bertz CT molecular complexity index is 1510. The molecule has 0 radical (unpaired) electrons. The summed E-state index contributed by atoms with van der Waals surface area (Å²) in [4.78, 5) is 33.2. The van der Waals surface area contributed by atoms with Gasteiger partial charge in [-0.05, 0) is 55.0 Å². The van der Waals surface area contributed by atoms with Crippen molar-refractivity contribution >= 4 is 28.3 Å². The van der Waals surface area contributed by atoms with Crippen molar-refractivity contribution in [3.05, 3.63) is 100 Å². The molecule has 4 aromatic rings. The maximum absolute atomic E-state index is 13.5. The van der Waals surface area contributed by atoms with E-state index in [4.69, 9.17) is 0 Å². The highest BCUT2D eigenvalue weighted by Gasteiger charge is 2.34. The molecule has 0 atom stereocenters. The number of amides is 2. The largest absolute Gasteiger partial charge is 0.433 e. The number of nitrogens with zero attached hydrogens (tertiary/aromatic N) is 2. The van der Waals surface area contributed by atoms with E-state index in [1.165, 1.54) is 17.8 Å². The average molecular weight is 536 g/mol. The topological polar surface area (TPSA) is 90.1 Å². The normalized spacial score (nSPS) is 14.4. The Balaban J connectivity index is 1.29. The number of carbonyl (C=O) groups is 1. The molecule has 202 valence electrons. The van der Waals surface area contributed by atoms with Crippen LogP contribution in [0.15, 0.2) is 77.7 Å². The third-order valence-corrected chi connectivity index (χ3v) is 7.03. The Labute approximate surface area is 223 Å². The van der Waals surface area contributed by atoms with Gasteiger partial charge in [-0.25, -0.2) is 9.78 Å². The number of hydrogen-bond donors (Lipinski definition) is 3. The fraction of sp³-hybridized carbons (Fsp3) is 0.276. The molecular weight excluding hydrogens is 507 g/mol. The third kappa shape index (κ3) is 6.22. The van der Waals surface area contributed by atoms with Gasteiger partial charge >= 0.3 is 12.2 Å². The van der Waals surface area contributed by atoms with Crippen LogP contribution in [0.3, 0.4) is 0 Å². The first-order chi connectivity index (χ1) is 18.8. The number of fused-ring (bicyclic) bond motifs is 1. The van der Waals surface area contributed by atoms with E-state index in [1.807, 2.05) is 23.1 Å². The maximum atomic E-state index is 13.5. The van der Waals surface area contributed by atoms with E-state index in [9.17, 15) is 22.8 Å². The number of pyridine rings is 2. The molecule has 3 N–H and O–H groups in total. The molecule has 39 heavy (non-hydrogen) atoms. The summed E-state index contributed by atoms with van der Waals surface area (Å²) in [6.07, 6.45) is -0.479. The van der Waals surface area contributed by atoms with E-state index in [0.29, 0.717) is 41.0 Å². The molecule has 7 nitrogen and oxygen atoms in total. The number of halogens is 3. The number of piperidine rings is 1. The van der Waals surface area contributed by atoms with E-state index in [0.717, 1.165) is 25.3 Å². The van der Waals surface area contributed by atoms with Gasteiger partial charge in [-0.1, -0.05) is 42.5 Å². The molecule has 0 bridgehead atoms. The van der Waals surface area contributed by atoms with E-state index < -0.39 is 17.9 Å². The third-order valence-electron chi connectivity index (χ3n) is 7.03. The molecule has 0 unspecified atom stereocenters. The lowest BCUT2D eigenvalue weighted by Gasteiger charge is -2.34. The predicted molar refractivity (Wildman–Crippen MR) is 145 cm³/mol. The fourth-order valence-electron chi connectivity index (χ4n) is 5.02. The molecule has 2 aromatic carbocycles. The van der Waals surface area contributed by atoms with Crippen molar-refractivity contribution in [2.75, 3.05) is 23.3 Å². The summed E-state index contributed by atoms with van der Waals surface area (Å²) < 4.78 is 40.5.